The largest absolute Gasteiger partial charge is 0.496 e. The zero-order valence-electron chi connectivity index (χ0n) is 9.82. The van der Waals surface area contributed by atoms with Crippen molar-refractivity contribution in [1.29, 1.82) is 0 Å². The maximum atomic E-state index is 6.17. The molecule has 2 nitrogen and oxygen atoms in total. The van der Waals surface area contributed by atoms with Crippen molar-refractivity contribution in [1.82, 2.24) is 0 Å². The molecule has 1 aromatic carbocycles. The normalized spacial score (nSPS) is 12.4. The second kappa shape index (κ2) is 5.93. The van der Waals surface area contributed by atoms with Gasteiger partial charge in [-0.3, -0.25) is 0 Å². The van der Waals surface area contributed by atoms with Crippen LogP contribution in [0.3, 0.4) is 0 Å². The molecule has 1 atom stereocenters. The van der Waals surface area contributed by atoms with Crippen LogP contribution in [0.25, 0.3) is 0 Å². The average Bonchev–Trinajstić information content (AvgIpc) is 2.82. The van der Waals surface area contributed by atoms with Crippen LogP contribution in [0.5, 0.6) is 5.75 Å². The molecule has 0 bridgehead atoms. The Hall–Kier alpha value is -0.740. The summed E-state index contributed by atoms with van der Waals surface area (Å²) in [6, 6.07) is 7.27. The van der Waals surface area contributed by atoms with Crippen LogP contribution in [0, 0.1) is 0 Å². The van der Waals surface area contributed by atoms with E-state index in [0.717, 1.165) is 16.2 Å². The maximum absolute atomic E-state index is 6.17. The molecular weight excluding hydrogens is 289 g/mol. The SMILES string of the molecule is COc1csc(C(N)Cc2cc(Cl)ccc2Cl)c1. The van der Waals surface area contributed by atoms with Gasteiger partial charge in [0.15, 0.2) is 0 Å². The van der Waals surface area contributed by atoms with Gasteiger partial charge in [-0.1, -0.05) is 23.2 Å². The fourth-order valence-electron chi connectivity index (χ4n) is 1.67. The number of benzene rings is 1. The molecule has 0 spiro atoms. The summed E-state index contributed by atoms with van der Waals surface area (Å²) < 4.78 is 5.15. The molecule has 2 rings (SSSR count). The van der Waals surface area contributed by atoms with Gasteiger partial charge < -0.3 is 10.5 Å². The summed E-state index contributed by atoms with van der Waals surface area (Å²) in [6.45, 7) is 0. The molecule has 0 fully saturated rings. The highest BCUT2D eigenvalue weighted by molar-refractivity contribution is 7.10. The summed E-state index contributed by atoms with van der Waals surface area (Å²) in [5.74, 6) is 0.836. The Morgan fingerprint density at radius 2 is 2.11 bits per heavy atom. The zero-order valence-corrected chi connectivity index (χ0v) is 12.1. The van der Waals surface area contributed by atoms with Crippen LogP contribution >= 0.6 is 34.5 Å². The lowest BCUT2D eigenvalue weighted by Gasteiger charge is -2.11. The van der Waals surface area contributed by atoms with Crippen molar-refractivity contribution >= 4 is 34.5 Å². The van der Waals surface area contributed by atoms with Crippen molar-refractivity contribution in [3.05, 3.63) is 50.1 Å². The smallest absolute Gasteiger partial charge is 0.129 e. The fourth-order valence-corrected chi connectivity index (χ4v) is 2.92. The Balaban J connectivity index is 2.15. The van der Waals surface area contributed by atoms with E-state index in [9.17, 15) is 0 Å². The number of methoxy groups -OCH3 is 1. The van der Waals surface area contributed by atoms with Gasteiger partial charge in [0.05, 0.1) is 7.11 Å². The highest BCUT2D eigenvalue weighted by Crippen LogP contribution is 2.30. The summed E-state index contributed by atoms with van der Waals surface area (Å²) in [4.78, 5) is 1.07. The van der Waals surface area contributed by atoms with E-state index in [1.54, 1.807) is 30.6 Å². The molecule has 18 heavy (non-hydrogen) atoms. The Labute approximate surface area is 120 Å². The lowest BCUT2D eigenvalue weighted by molar-refractivity contribution is 0.416. The average molecular weight is 302 g/mol. The molecule has 0 amide bonds. The molecule has 2 aromatic rings. The van der Waals surface area contributed by atoms with Gasteiger partial charge in [0.1, 0.15) is 5.75 Å². The summed E-state index contributed by atoms with van der Waals surface area (Å²) in [5, 5.41) is 3.30. The molecular formula is C13H13Cl2NOS. The van der Waals surface area contributed by atoms with Gasteiger partial charge in [-0.2, -0.15) is 0 Å². The number of rotatable bonds is 4. The highest BCUT2D eigenvalue weighted by atomic mass is 35.5. The van der Waals surface area contributed by atoms with E-state index in [2.05, 4.69) is 0 Å². The summed E-state index contributed by atoms with van der Waals surface area (Å²) in [7, 11) is 1.64. The van der Waals surface area contributed by atoms with Gasteiger partial charge >= 0.3 is 0 Å². The number of hydrogen-bond donors (Lipinski definition) is 1. The van der Waals surface area contributed by atoms with E-state index >= 15 is 0 Å². The second-order valence-electron chi connectivity index (χ2n) is 3.94. The lowest BCUT2D eigenvalue weighted by atomic mass is 10.1. The lowest BCUT2D eigenvalue weighted by Crippen LogP contribution is -2.12. The van der Waals surface area contributed by atoms with Crippen molar-refractivity contribution in [2.45, 2.75) is 12.5 Å². The van der Waals surface area contributed by atoms with Crippen LogP contribution in [-0.4, -0.2) is 7.11 Å². The van der Waals surface area contributed by atoms with Gasteiger partial charge in [0, 0.05) is 26.3 Å². The minimum Gasteiger partial charge on any atom is -0.496 e. The summed E-state index contributed by atoms with van der Waals surface area (Å²) in [6.07, 6.45) is 0.656. The molecule has 2 N–H and O–H groups in total. The van der Waals surface area contributed by atoms with Crippen LogP contribution in [0.4, 0.5) is 0 Å². The van der Waals surface area contributed by atoms with Crippen molar-refractivity contribution in [3.8, 4) is 5.75 Å². The zero-order chi connectivity index (χ0) is 13.1. The minimum atomic E-state index is -0.102. The molecule has 0 saturated heterocycles. The first-order valence-corrected chi connectivity index (χ1v) is 7.05. The minimum absolute atomic E-state index is 0.102. The maximum Gasteiger partial charge on any atom is 0.129 e. The summed E-state index contributed by atoms with van der Waals surface area (Å²) in [5.41, 5.74) is 7.13. The number of nitrogens with two attached hydrogens (primary N) is 1. The van der Waals surface area contributed by atoms with Crippen LogP contribution < -0.4 is 10.5 Å². The Morgan fingerprint density at radius 3 is 2.78 bits per heavy atom. The van der Waals surface area contributed by atoms with E-state index in [0.29, 0.717) is 16.5 Å². The molecule has 0 aliphatic heterocycles. The Kier molecular flexibility index (Phi) is 4.51. The number of hydrogen-bond acceptors (Lipinski definition) is 3. The van der Waals surface area contributed by atoms with Gasteiger partial charge in [-0.15, -0.1) is 11.3 Å². The molecule has 0 saturated carbocycles. The van der Waals surface area contributed by atoms with Crippen LogP contribution in [0.1, 0.15) is 16.5 Å². The van der Waals surface area contributed by atoms with Gasteiger partial charge in [-0.25, -0.2) is 0 Å². The monoisotopic (exact) mass is 301 g/mol. The Bertz CT molecular complexity index is 542. The van der Waals surface area contributed by atoms with Crippen LogP contribution in [-0.2, 0) is 6.42 Å². The number of ether oxygens (including phenoxy) is 1. The predicted octanol–water partition coefficient (Wildman–Crippen LogP) is 4.31. The van der Waals surface area contributed by atoms with Crippen molar-refractivity contribution in [3.63, 3.8) is 0 Å². The molecule has 5 heteroatoms. The molecule has 0 radical (unpaired) electrons. The van der Waals surface area contributed by atoms with Crippen LogP contribution in [0.15, 0.2) is 29.6 Å². The van der Waals surface area contributed by atoms with E-state index < -0.39 is 0 Å². The van der Waals surface area contributed by atoms with Crippen molar-refractivity contribution in [2.75, 3.05) is 7.11 Å². The first kappa shape index (κ1) is 13.7. The van der Waals surface area contributed by atoms with E-state index in [1.807, 2.05) is 17.5 Å². The third-order valence-electron chi connectivity index (χ3n) is 2.64. The topological polar surface area (TPSA) is 35.2 Å². The number of thiophene rings is 1. The van der Waals surface area contributed by atoms with Crippen LogP contribution in [0.2, 0.25) is 10.0 Å². The van der Waals surface area contributed by atoms with Crippen molar-refractivity contribution < 1.29 is 4.74 Å². The standard InChI is InChI=1S/C13H13Cl2NOS/c1-17-10-6-13(18-7-10)12(16)5-8-4-9(14)2-3-11(8)15/h2-4,6-7,12H,5,16H2,1H3. The van der Waals surface area contributed by atoms with E-state index in [4.69, 9.17) is 33.7 Å². The highest BCUT2D eigenvalue weighted by Gasteiger charge is 2.12. The predicted molar refractivity (Wildman–Crippen MR) is 78.0 cm³/mol. The van der Waals surface area contributed by atoms with Gasteiger partial charge in [-0.05, 0) is 36.2 Å². The van der Waals surface area contributed by atoms with E-state index in [1.165, 1.54) is 0 Å². The Morgan fingerprint density at radius 1 is 1.33 bits per heavy atom. The third-order valence-corrected chi connectivity index (χ3v) is 4.29. The molecule has 0 aliphatic rings. The summed E-state index contributed by atoms with van der Waals surface area (Å²) >= 11 is 13.7. The molecule has 96 valence electrons. The van der Waals surface area contributed by atoms with E-state index in [-0.39, 0.29) is 6.04 Å². The molecule has 1 aromatic heterocycles. The molecule has 0 aliphatic carbocycles. The quantitative estimate of drug-likeness (QED) is 0.913. The van der Waals surface area contributed by atoms with Crippen molar-refractivity contribution in [2.24, 2.45) is 5.73 Å². The molecule has 1 heterocycles. The third kappa shape index (κ3) is 3.18. The van der Waals surface area contributed by atoms with Gasteiger partial charge in [0.2, 0.25) is 0 Å². The first-order valence-electron chi connectivity index (χ1n) is 5.42. The number of halogens is 2. The first-order chi connectivity index (χ1) is 8.60. The second-order valence-corrected chi connectivity index (χ2v) is 5.72. The fraction of sp³-hybridized carbons (Fsp3) is 0.231. The molecule has 1 unspecified atom stereocenters. The van der Waals surface area contributed by atoms with Gasteiger partial charge in [0.25, 0.3) is 0 Å².